The van der Waals surface area contributed by atoms with Crippen LogP contribution in [-0.2, 0) is 4.74 Å². The van der Waals surface area contributed by atoms with Crippen molar-refractivity contribution in [2.75, 3.05) is 37.7 Å². The lowest BCUT2D eigenvalue weighted by atomic mass is 10.4. The molecule has 1 amide bonds. The number of ether oxygens (including phenoxy) is 1. The number of carbonyl (C=O) groups excluding carboxylic acids is 1. The minimum absolute atomic E-state index is 0.333. The molecule has 2 N–H and O–H groups in total. The van der Waals surface area contributed by atoms with Crippen LogP contribution in [0.1, 0.15) is 20.3 Å². The first-order chi connectivity index (χ1) is 7.31. The van der Waals surface area contributed by atoms with Crippen molar-refractivity contribution in [1.82, 2.24) is 10.6 Å². The van der Waals surface area contributed by atoms with Gasteiger partial charge >= 0.3 is 6.09 Å². The van der Waals surface area contributed by atoms with Crippen molar-refractivity contribution in [1.29, 1.82) is 0 Å². The van der Waals surface area contributed by atoms with E-state index in [2.05, 4.69) is 17.6 Å². The molecule has 0 rings (SSSR count). The third-order valence-electron chi connectivity index (χ3n) is 1.69. The lowest BCUT2D eigenvalue weighted by molar-refractivity contribution is 0.152. The molecule has 0 heterocycles. The molecule has 0 aromatic rings. The molecule has 0 saturated carbocycles. The average Bonchev–Trinajstić information content (AvgIpc) is 2.22. The van der Waals surface area contributed by atoms with Gasteiger partial charge in [0, 0.05) is 13.1 Å². The van der Waals surface area contributed by atoms with Gasteiger partial charge in [0.05, 0.1) is 6.61 Å². The maximum absolute atomic E-state index is 10.9. The molecule has 0 fully saturated rings. The topological polar surface area (TPSA) is 50.4 Å². The van der Waals surface area contributed by atoms with Gasteiger partial charge in [0.1, 0.15) is 0 Å². The Morgan fingerprint density at radius 1 is 1.27 bits per heavy atom. The maximum atomic E-state index is 10.9. The van der Waals surface area contributed by atoms with Crippen LogP contribution in [0, 0.1) is 0 Å². The van der Waals surface area contributed by atoms with Crippen LogP contribution < -0.4 is 10.6 Å². The van der Waals surface area contributed by atoms with E-state index in [0.29, 0.717) is 13.2 Å². The van der Waals surface area contributed by atoms with Gasteiger partial charge in [-0.05, 0) is 31.4 Å². The van der Waals surface area contributed by atoms with E-state index in [0.717, 1.165) is 13.1 Å². The van der Waals surface area contributed by atoms with Gasteiger partial charge in [0.2, 0.25) is 0 Å². The number of carbonyl (C=O) groups is 1. The van der Waals surface area contributed by atoms with Gasteiger partial charge in [-0.3, -0.25) is 0 Å². The lowest BCUT2D eigenvalue weighted by Gasteiger charge is -2.06. The Hall–Kier alpha value is -0.420. The van der Waals surface area contributed by atoms with Crippen LogP contribution in [-0.4, -0.2) is 43.8 Å². The normalized spacial score (nSPS) is 10.0. The number of hydrogen-bond acceptors (Lipinski definition) is 4. The van der Waals surface area contributed by atoms with Gasteiger partial charge in [0.15, 0.2) is 0 Å². The van der Waals surface area contributed by atoms with Crippen molar-refractivity contribution in [3.05, 3.63) is 0 Å². The molecule has 90 valence electrons. The quantitative estimate of drug-likeness (QED) is 0.593. The molecular formula is C10H22N2O2S. The molecule has 0 aromatic carbocycles. The summed E-state index contributed by atoms with van der Waals surface area (Å²) in [5.74, 6) is 2.39. The molecule has 0 radical (unpaired) electrons. The predicted octanol–water partition coefficient (Wildman–Crippen LogP) is 1.47. The molecule has 0 bridgehead atoms. The fourth-order valence-electron chi connectivity index (χ4n) is 1.00. The van der Waals surface area contributed by atoms with Crippen molar-refractivity contribution >= 4 is 17.9 Å². The number of hydrogen-bond donors (Lipinski definition) is 2. The highest BCUT2D eigenvalue weighted by molar-refractivity contribution is 7.99. The van der Waals surface area contributed by atoms with Crippen LogP contribution in [0.15, 0.2) is 0 Å². The number of nitrogens with one attached hydrogen (secondary N) is 2. The van der Waals surface area contributed by atoms with Crippen LogP contribution in [0.2, 0.25) is 0 Å². The number of thioether (sulfide) groups is 1. The van der Waals surface area contributed by atoms with Crippen molar-refractivity contribution in [2.45, 2.75) is 20.3 Å². The molecule has 0 aliphatic rings. The molecule has 0 unspecified atom stereocenters. The second kappa shape index (κ2) is 11.7. The van der Waals surface area contributed by atoms with Crippen molar-refractivity contribution < 1.29 is 9.53 Å². The van der Waals surface area contributed by atoms with E-state index in [1.807, 2.05) is 11.8 Å². The van der Waals surface area contributed by atoms with E-state index in [4.69, 9.17) is 4.74 Å². The second-order valence-corrected chi connectivity index (χ2v) is 4.34. The van der Waals surface area contributed by atoms with E-state index in [9.17, 15) is 4.79 Å². The zero-order chi connectivity index (χ0) is 11.4. The first-order valence-electron chi connectivity index (χ1n) is 5.50. The average molecular weight is 234 g/mol. The summed E-state index contributed by atoms with van der Waals surface area (Å²) in [4.78, 5) is 10.9. The highest BCUT2D eigenvalue weighted by atomic mass is 32.2. The highest BCUT2D eigenvalue weighted by Gasteiger charge is 1.97. The number of alkyl carbamates (subject to hydrolysis) is 1. The monoisotopic (exact) mass is 234 g/mol. The van der Waals surface area contributed by atoms with Gasteiger partial charge in [0.25, 0.3) is 0 Å². The van der Waals surface area contributed by atoms with Gasteiger partial charge in [-0.25, -0.2) is 4.79 Å². The Balaban J connectivity index is 3.01. The summed E-state index contributed by atoms with van der Waals surface area (Å²) < 4.78 is 4.72. The van der Waals surface area contributed by atoms with E-state index < -0.39 is 0 Å². The molecule has 0 aliphatic heterocycles. The van der Waals surface area contributed by atoms with Gasteiger partial charge in [-0.15, -0.1) is 0 Å². The zero-order valence-corrected chi connectivity index (χ0v) is 10.5. The third-order valence-corrected chi connectivity index (χ3v) is 2.68. The van der Waals surface area contributed by atoms with Crippen LogP contribution >= 0.6 is 11.8 Å². The first-order valence-corrected chi connectivity index (χ1v) is 6.65. The Bertz CT molecular complexity index is 156. The van der Waals surface area contributed by atoms with Crippen LogP contribution in [0.3, 0.4) is 0 Å². The van der Waals surface area contributed by atoms with E-state index in [-0.39, 0.29) is 6.09 Å². The summed E-state index contributed by atoms with van der Waals surface area (Å²) in [5, 5.41) is 5.91. The van der Waals surface area contributed by atoms with Crippen molar-refractivity contribution in [3.63, 3.8) is 0 Å². The molecule has 0 aliphatic carbocycles. The molecule has 15 heavy (non-hydrogen) atoms. The zero-order valence-electron chi connectivity index (χ0n) is 9.67. The van der Waals surface area contributed by atoms with Gasteiger partial charge in [-0.1, -0.05) is 6.92 Å². The van der Waals surface area contributed by atoms with Gasteiger partial charge < -0.3 is 15.4 Å². The first kappa shape index (κ1) is 14.6. The Kier molecular flexibility index (Phi) is 11.3. The maximum Gasteiger partial charge on any atom is 0.407 e. The Labute approximate surface area is 96.5 Å². The van der Waals surface area contributed by atoms with E-state index in [1.54, 1.807) is 6.92 Å². The summed E-state index contributed by atoms with van der Waals surface area (Å²) in [7, 11) is 0. The summed E-state index contributed by atoms with van der Waals surface area (Å²) in [6, 6.07) is 0. The predicted molar refractivity (Wildman–Crippen MR) is 65.5 cm³/mol. The van der Waals surface area contributed by atoms with Gasteiger partial charge in [-0.2, -0.15) is 11.8 Å². The summed E-state index contributed by atoms with van der Waals surface area (Å²) in [6.07, 6.45) is 0.846. The van der Waals surface area contributed by atoms with E-state index >= 15 is 0 Å². The third kappa shape index (κ3) is 11.5. The number of amides is 1. The van der Waals surface area contributed by atoms with Crippen LogP contribution in [0.25, 0.3) is 0 Å². The van der Waals surface area contributed by atoms with Crippen LogP contribution in [0.5, 0.6) is 0 Å². The second-order valence-electron chi connectivity index (χ2n) is 2.95. The minimum Gasteiger partial charge on any atom is -0.450 e. The van der Waals surface area contributed by atoms with Crippen molar-refractivity contribution in [2.24, 2.45) is 0 Å². The fourth-order valence-corrected chi connectivity index (χ4v) is 1.64. The standard InChI is InChI=1S/C10H22N2O2S/c1-3-14-10(13)12-8-7-11-6-5-9-15-4-2/h11H,3-9H2,1-2H3,(H,12,13). The smallest absolute Gasteiger partial charge is 0.407 e. The highest BCUT2D eigenvalue weighted by Crippen LogP contribution is 1.98. The summed E-state index contributed by atoms with van der Waals surface area (Å²) >= 11 is 1.95. The molecule has 0 spiro atoms. The van der Waals surface area contributed by atoms with E-state index in [1.165, 1.54) is 17.9 Å². The summed E-state index contributed by atoms with van der Waals surface area (Å²) in [6.45, 7) is 6.82. The van der Waals surface area contributed by atoms with Crippen LogP contribution in [0.4, 0.5) is 4.79 Å². The Morgan fingerprint density at radius 3 is 2.73 bits per heavy atom. The largest absolute Gasteiger partial charge is 0.450 e. The lowest BCUT2D eigenvalue weighted by Crippen LogP contribution is -2.32. The number of rotatable bonds is 9. The molecule has 4 nitrogen and oxygen atoms in total. The molecule has 5 heteroatoms. The molecule has 0 aromatic heterocycles. The summed E-state index contributed by atoms with van der Waals surface area (Å²) in [5.41, 5.74) is 0. The fraction of sp³-hybridized carbons (Fsp3) is 0.900. The molecule has 0 atom stereocenters. The Morgan fingerprint density at radius 2 is 2.07 bits per heavy atom. The molecular weight excluding hydrogens is 212 g/mol. The molecule has 0 saturated heterocycles. The van der Waals surface area contributed by atoms with Crippen molar-refractivity contribution in [3.8, 4) is 0 Å². The SMILES string of the molecule is CCOC(=O)NCCNCCCSCC. The minimum atomic E-state index is -0.333.